The van der Waals surface area contributed by atoms with Crippen LogP contribution in [-0.4, -0.2) is 25.8 Å². The van der Waals surface area contributed by atoms with Crippen LogP contribution in [-0.2, 0) is 0 Å². The minimum atomic E-state index is -1.87. The van der Waals surface area contributed by atoms with E-state index in [-0.39, 0.29) is 5.95 Å². The lowest BCUT2D eigenvalue weighted by Gasteiger charge is -2.39. The molecule has 4 nitrogen and oxygen atoms in total. The van der Waals surface area contributed by atoms with Crippen molar-refractivity contribution in [1.29, 1.82) is 0 Å². The van der Waals surface area contributed by atoms with Gasteiger partial charge in [-0.15, -0.1) is 0 Å². The van der Waals surface area contributed by atoms with Crippen LogP contribution in [0.4, 0.5) is 0 Å². The first kappa shape index (κ1) is 15.3. The van der Waals surface area contributed by atoms with Gasteiger partial charge in [-0.2, -0.15) is 0 Å². The van der Waals surface area contributed by atoms with E-state index in [9.17, 15) is 0 Å². The first-order chi connectivity index (χ1) is 8.37. The average molecular weight is 268 g/mol. The molecule has 101 valence electrons. The number of aromatic nitrogens is 1. The Balaban J connectivity index is 3.24. The summed E-state index contributed by atoms with van der Waals surface area (Å²) in [6, 6.07) is 0. The standard InChI is InChI=1S/C12H23BNO3Si/c1-8(2)18(9(3)4,10(5)6)12-14-7-11(16-12)17-13-15/h7-10,15H,1-6H3. The van der Waals surface area contributed by atoms with Crippen LogP contribution in [0.15, 0.2) is 10.6 Å². The van der Waals surface area contributed by atoms with E-state index < -0.39 is 8.07 Å². The Bertz CT molecular complexity index is 357. The third-order valence-corrected chi connectivity index (χ3v) is 10.6. The zero-order chi connectivity index (χ0) is 13.9. The van der Waals surface area contributed by atoms with E-state index in [0.717, 1.165) is 5.51 Å². The normalized spacial score (nSPS) is 12.6. The van der Waals surface area contributed by atoms with Gasteiger partial charge in [0.1, 0.15) is 6.20 Å². The van der Waals surface area contributed by atoms with Crippen molar-refractivity contribution in [2.45, 2.75) is 58.2 Å². The van der Waals surface area contributed by atoms with Gasteiger partial charge >= 0.3 is 7.69 Å². The van der Waals surface area contributed by atoms with Crippen molar-refractivity contribution < 1.29 is 14.1 Å². The van der Waals surface area contributed by atoms with E-state index in [4.69, 9.17) is 14.1 Å². The Morgan fingerprint density at radius 2 is 1.67 bits per heavy atom. The van der Waals surface area contributed by atoms with Gasteiger partial charge in [0.15, 0.2) is 13.6 Å². The highest BCUT2D eigenvalue weighted by Gasteiger charge is 2.49. The SMILES string of the molecule is CC(C)[Si](c1ncc(O[B]O)o1)(C(C)C)C(C)C. The van der Waals surface area contributed by atoms with Crippen LogP contribution < -0.4 is 10.2 Å². The van der Waals surface area contributed by atoms with Crippen molar-refractivity contribution in [3.05, 3.63) is 6.20 Å². The summed E-state index contributed by atoms with van der Waals surface area (Å²) in [6.07, 6.45) is 1.54. The van der Waals surface area contributed by atoms with Gasteiger partial charge in [0, 0.05) is 0 Å². The van der Waals surface area contributed by atoms with Crippen LogP contribution in [0.25, 0.3) is 0 Å². The molecule has 0 bridgehead atoms. The molecule has 1 heterocycles. The molecule has 0 fully saturated rings. The summed E-state index contributed by atoms with van der Waals surface area (Å²) in [6.45, 7) is 13.5. The molecular formula is C12H23BNO3Si. The van der Waals surface area contributed by atoms with Crippen LogP contribution in [0.1, 0.15) is 41.5 Å². The lowest BCUT2D eigenvalue weighted by molar-refractivity contribution is 0.366. The van der Waals surface area contributed by atoms with Crippen molar-refractivity contribution in [2.24, 2.45) is 0 Å². The number of nitrogens with zero attached hydrogens (tertiary/aromatic N) is 1. The molecule has 1 aromatic heterocycles. The van der Waals surface area contributed by atoms with E-state index in [2.05, 4.69) is 46.5 Å². The van der Waals surface area contributed by atoms with E-state index in [1.165, 1.54) is 6.20 Å². The first-order valence-corrected chi connectivity index (χ1v) is 8.69. The lowest BCUT2D eigenvalue weighted by Crippen LogP contribution is -2.56. The maximum Gasteiger partial charge on any atom is 0.571 e. The Labute approximate surface area is 111 Å². The molecule has 1 radical (unpaired) electrons. The summed E-state index contributed by atoms with van der Waals surface area (Å²) in [4.78, 5) is 4.41. The second kappa shape index (κ2) is 5.93. The van der Waals surface area contributed by atoms with Crippen molar-refractivity contribution in [2.75, 3.05) is 0 Å². The maximum atomic E-state index is 8.64. The van der Waals surface area contributed by atoms with Gasteiger partial charge in [-0.25, -0.2) is 4.98 Å². The van der Waals surface area contributed by atoms with Gasteiger partial charge in [0.05, 0.1) is 0 Å². The number of oxazole rings is 1. The molecular weight excluding hydrogens is 245 g/mol. The molecule has 0 aliphatic heterocycles. The average Bonchev–Trinajstić information content (AvgIpc) is 2.66. The topological polar surface area (TPSA) is 55.5 Å². The molecule has 0 aromatic carbocycles. The highest BCUT2D eigenvalue weighted by Crippen LogP contribution is 2.41. The summed E-state index contributed by atoms with van der Waals surface area (Å²) in [5.41, 5.74) is 2.41. The van der Waals surface area contributed by atoms with Gasteiger partial charge in [0.2, 0.25) is 0 Å². The van der Waals surface area contributed by atoms with Crippen molar-refractivity contribution in [3.8, 4) is 5.95 Å². The zero-order valence-electron chi connectivity index (χ0n) is 12.1. The summed E-state index contributed by atoms with van der Waals surface area (Å²) in [5, 5.41) is 8.64. The minimum absolute atomic E-state index is 0.256. The van der Waals surface area contributed by atoms with Crippen molar-refractivity contribution in [3.63, 3.8) is 0 Å². The molecule has 0 saturated carbocycles. The van der Waals surface area contributed by atoms with Crippen LogP contribution in [0.5, 0.6) is 5.95 Å². The van der Waals surface area contributed by atoms with E-state index in [0.29, 0.717) is 24.3 Å². The van der Waals surface area contributed by atoms with Crippen LogP contribution >= 0.6 is 0 Å². The number of hydrogen-bond donors (Lipinski definition) is 1. The molecule has 0 aliphatic carbocycles. The molecule has 0 saturated heterocycles. The van der Waals surface area contributed by atoms with Crippen LogP contribution in [0.2, 0.25) is 16.6 Å². The fourth-order valence-corrected chi connectivity index (χ4v) is 9.35. The fourth-order valence-electron chi connectivity index (χ4n) is 3.31. The molecule has 0 atom stereocenters. The third-order valence-electron chi connectivity index (χ3n) is 3.89. The van der Waals surface area contributed by atoms with Crippen molar-refractivity contribution >= 4 is 21.3 Å². The maximum absolute atomic E-state index is 8.64. The molecule has 1 N–H and O–H groups in total. The molecule has 0 unspecified atom stereocenters. The Morgan fingerprint density at radius 1 is 1.17 bits per heavy atom. The van der Waals surface area contributed by atoms with Gasteiger partial charge in [-0.3, -0.25) is 0 Å². The fraction of sp³-hybridized carbons (Fsp3) is 0.750. The summed E-state index contributed by atoms with van der Waals surface area (Å²) >= 11 is 0. The van der Waals surface area contributed by atoms with Gasteiger partial charge < -0.3 is 14.1 Å². The third kappa shape index (κ3) is 2.49. The molecule has 0 spiro atoms. The summed E-state index contributed by atoms with van der Waals surface area (Å²) < 4.78 is 10.6. The highest BCUT2D eigenvalue weighted by molar-refractivity contribution is 6.93. The highest BCUT2D eigenvalue weighted by atomic mass is 28.3. The van der Waals surface area contributed by atoms with Gasteiger partial charge in [0.25, 0.3) is 5.95 Å². The number of rotatable bonds is 6. The predicted molar refractivity (Wildman–Crippen MR) is 75.8 cm³/mol. The largest absolute Gasteiger partial charge is 0.571 e. The molecule has 0 amide bonds. The summed E-state index contributed by atoms with van der Waals surface area (Å²) in [7, 11) is -1.25. The minimum Gasteiger partial charge on any atom is -0.509 e. The molecule has 18 heavy (non-hydrogen) atoms. The van der Waals surface area contributed by atoms with Gasteiger partial charge in [-0.05, 0) is 16.6 Å². The van der Waals surface area contributed by atoms with E-state index >= 15 is 0 Å². The lowest BCUT2D eigenvalue weighted by atomic mass is 10.4. The van der Waals surface area contributed by atoms with E-state index in [1.54, 1.807) is 0 Å². The first-order valence-electron chi connectivity index (χ1n) is 6.46. The predicted octanol–water partition coefficient (Wildman–Crippen LogP) is 2.47. The molecule has 0 aliphatic rings. The molecule has 1 rings (SSSR count). The number of hydrogen-bond acceptors (Lipinski definition) is 4. The van der Waals surface area contributed by atoms with Gasteiger partial charge in [-0.1, -0.05) is 41.5 Å². The van der Waals surface area contributed by atoms with Crippen molar-refractivity contribution in [1.82, 2.24) is 4.98 Å². The molecule has 1 aromatic rings. The Hall–Kier alpha value is -0.748. The van der Waals surface area contributed by atoms with Crippen LogP contribution in [0, 0.1) is 0 Å². The Morgan fingerprint density at radius 3 is 2.06 bits per heavy atom. The monoisotopic (exact) mass is 268 g/mol. The quantitative estimate of drug-likeness (QED) is 0.805. The van der Waals surface area contributed by atoms with E-state index in [1.807, 2.05) is 0 Å². The van der Waals surface area contributed by atoms with Crippen LogP contribution in [0.3, 0.4) is 0 Å². The second-order valence-electron chi connectivity index (χ2n) is 5.60. The smallest absolute Gasteiger partial charge is 0.509 e. The Kier molecular flexibility index (Phi) is 5.04. The second-order valence-corrected chi connectivity index (χ2v) is 11.4. The zero-order valence-corrected chi connectivity index (χ0v) is 13.1. The molecule has 6 heteroatoms. The summed E-state index contributed by atoms with van der Waals surface area (Å²) in [5.74, 6) is 0.256.